The van der Waals surface area contributed by atoms with Crippen molar-refractivity contribution in [1.82, 2.24) is 30.4 Å². The first kappa shape index (κ1) is 21.4. The van der Waals surface area contributed by atoms with Gasteiger partial charge in [-0.25, -0.2) is 4.68 Å². The number of hydrogen-bond acceptors (Lipinski definition) is 6. The van der Waals surface area contributed by atoms with Gasteiger partial charge >= 0.3 is 0 Å². The maximum atomic E-state index is 13.0. The molecule has 1 aliphatic carbocycles. The molecule has 2 fully saturated rings. The molecule has 2 amide bonds. The normalized spacial score (nSPS) is 20.5. The summed E-state index contributed by atoms with van der Waals surface area (Å²) < 4.78 is 1.57. The van der Waals surface area contributed by atoms with Gasteiger partial charge < -0.3 is 16.0 Å². The lowest BCUT2D eigenvalue weighted by atomic mass is 9.84. The highest BCUT2D eigenvalue weighted by atomic mass is 16.2. The minimum absolute atomic E-state index is 0.0858. The molecule has 2 heterocycles. The van der Waals surface area contributed by atoms with Gasteiger partial charge in [-0.1, -0.05) is 50.3 Å². The van der Waals surface area contributed by atoms with Gasteiger partial charge in [0, 0.05) is 13.1 Å². The van der Waals surface area contributed by atoms with Crippen LogP contribution in [0.3, 0.4) is 0 Å². The summed E-state index contributed by atoms with van der Waals surface area (Å²) in [6.07, 6.45) is 9.79. The zero-order valence-corrected chi connectivity index (χ0v) is 17.8. The second-order valence-corrected chi connectivity index (χ2v) is 8.64. The number of nitrogens with zero attached hydrogens (tertiary/aromatic N) is 5. The number of benzene rings is 1. The Hall–Kier alpha value is -2.81. The summed E-state index contributed by atoms with van der Waals surface area (Å²) in [5, 5.41) is 14.3. The van der Waals surface area contributed by atoms with E-state index >= 15 is 0 Å². The van der Waals surface area contributed by atoms with Crippen molar-refractivity contribution in [2.24, 2.45) is 11.7 Å². The quantitative estimate of drug-likeness (QED) is 0.695. The number of carbonyl (C=O) groups excluding carboxylic acids is 2. The van der Waals surface area contributed by atoms with E-state index in [0.717, 1.165) is 36.9 Å². The lowest BCUT2D eigenvalue weighted by Gasteiger charge is -2.29. The van der Waals surface area contributed by atoms with Crippen molar-refractivity contribution in [3.05, 3.63) is 36.2 Å². The van der Waals surface area contributed by atoms with Crippen LogP contribution >= 0.6 is 0 Å². The summed E-state index contributed by atoms with van der Waals surface area (Å²) in [5.41, 5.74) is 7.99. The molecular weight excluding hydrogens is 394 g/mol. The molecule has 0 spiro atoms. The lowest BCUT2D eigenvalue weighted by Crippen LogP contribution is -2.51. The first-order chi connectivity index (χ1) is 15.1. The Kier molecular flexibility index (Phi) is 6.91. The monoisotopic (exact) mass is 425 g/mol. The van der Waals surface area contributed by atoms with E-state index in [9.17, 15) is 9.59 Å². The molecule has 1 aromatic carbocycles. The van der Waals surface area contributed by atoms with Crippen molar-refractivity contribution in [1.29, 1.82) is 0 Å². The summed E-state index contributed by atoms with van der Waals surface area (Å²) in [6.45, 7) is 0.929. The molecule has 9 heteroatoms. The van der Waals surface area contributed by atoms with Gasteiger partial charge in [0.25, 0.3) is 0 Å². The standard InChI is InChI=1S/C22H31N7O2/c23-18(13-16-7-2-1-3-8-16)22(31)28-12-6-11-20(28)21(30)24-14-17-9-4-5-10-19(17)29-15-25-26-27-29/h4-5,9-10,15-16,18,20H,1-3,6-8,11-14,23H2,(H,24,30)/t18-,20+/m1/s1. The fourth-order valence-electron chi connectivity index (χ4n) is 4.85. The summed E-state index contributed by atoms with van der Waals surface area (Å²) in [5.74, 6) is 0.310. The third-order valence-corrected chi connectivity index (χ3v) is 6.51. The number of rotatable bonds is 7. The van der Waals surface area contributed by atoms with Gasteiger partial charge in [-0.2, -0.15) is 0 Å². The molecule has 0 radical (unpaired) electrons. The molecule has 3 N–H and O–H groups in total. The molecule has 2 aromatic rings. The van der Waals surface area contributed by atoms with Crippen LogP contribution in [-0.4, -0.2) is 55.5 Å². The van der Waals surface area contributed by atoms with Crippen molar-refractivity contribution in [3.63, 3.8) is 0 Å². The Morgan fingerprint density at radius 1 is 1.13 bits per heavy atom. The van der Waals surface area contributed by atoms with E-state index in [4.69, 9.17) is 5.73 Å². The highest BCUT2D eigenvalue weighted by Gasteiger charge is 2.36. The second-order valence-electron chi connectivity index (χ2n) is 8.64. The van der Waals surface area contributed by atoms with Gasteiger partial charge in [0.05, 0.1) is 11.7 Å². The van der Waals surface area contributed by atoms with E-state index in [2.05, 4.69) is 20.8 Å². The third-order valence-electron chi connectivity index (χ3n) is 6.51. The Balaban J connectivity index is 1.35. The van der Waals surface area contributed by atoms with E-state index < -0.39 is 12.1 Å². The number of para-hydroxylation sites is 1. The summed E-state index contributed by atoms with van der Waals surface area (Å²) in [6, 6.07) is 6.66. The molecule has 4 rings (SSSR count). The highest BCUT2D eigenvalue weighted by Crippen LogP contribution is 2.28. The van der Waals surface area contributed by atoms with Gasteiger partial charge in [-0.15, -0.1) is 5.10 Å². The van der Waals surface area contributed by atoms with E-state index in [1.807, 2.05) is 24.3 Å². The van der Waals surface area contributed by atoms with E-state index in [0.29, 0.717) is 25.4 Å². The number of carbonyl (C=O) groups is 2. The largest absolute Gasteiger partial charge is 0.350 e. The smallest absolute Gasteiger partial charge is 0.243 e. The van der Waals surface area contributed by atoms with Crippen molar-refractivity contribution in [2.75, 3.05) is 6.54 Å². The van der Waals surface area contributed by atoms with E-state index in [1.165, 1.54) is 25.6 Å². The fourth-order valence-corrected chi connectivity index (χ4v) is 4.85. The molecule has 1 aromatic heterocycles. The van der Waals surface area contributed by atoms with Gasteiger partial charge in [0.15, 0.2) is 0 Å². The number of hydrogen-bond donors (Lipinski definition) is 2. The van der Waals surface area contributed by atoms with Crippen LogP contribution in [0.2, 0.25) is 0 Å². The minimum atomic E-state index is -0.517. The number of likely N-dealkylation sites (tertiary alicyclic amines) is 1. The molecule has 2 atom stereocenters. The predicted octanol–water partition coefficient (Wildman–Crippen LogP) is 1.57. The van der Waals surface area contributed by atoms with Crippen molar-refractivity contribution in [3.8, 4) is 5.69 Å². The number of nitrogens with one attached hydrogen (secondary N) is 1. The zero-order chi connectivity index (χ0) is 21.6. The summed E-state index contributed by atoms with van der Waals surface area (Å²) in [4.78, 5) is 27.7. The Bertz CT molecular complexity index is 880. The first-order valence-corrected chi connectivity index (χ1v) is 11.3. The van der Waals surface area contributed by atoms with Crippen LogP contribution in [0.25, 0.3) is 5.69 Å². The van der Waals surface area contributed by atoms with Crippen molar-refractivity contribution >= 4 is 11.8 Å². The Morgan fingerprint density at radius 3 is 2.71 bits per heavy atom. The van der Waals surface area contributed by atoms with Crippen LogP contribution in [0.15, 0.2) is 30.6 Å². The summed E-state index contributed by atoms with van der Waals surface area (Å²) in [7, 11) is 0. The molecule has 31 heavy (non-hydrogen) atoms. The first-order valence-electron chi connectivity index (χ1n) is 11.3. The average Bonchev–Trinajstić information content (AvgIpc) is 3.50. The van der Waals surface area contributed by atoms with E-state index in [1.54, 1.807) is 9.58 Å². The van der Waals surface area contributed by atoms with Gasteiger partial charge in [-0.05, 0) is 47.2 Å². The van der Waals surface area contributed by atoms with Crippen LogP contribution in [0, 0.1) is 5.92 Å². The Labute approximate surface area is 182 Å². The molecular formula is C22H31N7O2. The fraction of sp³-hybridized carbons (Fsp3) is 0.591. The molecule has 0 bridgehead atoms. The number of amides is 2. The maximum absolute atomic E-state index is 13.0. The molecule has 166 valence electrons. The van der Waals surface area contributed by atoms with E-state index in [-0.39, 0.29) is 11.8 Å². The highest BCUT2D eigenvalue weighted by molar-refractivity contribution is 5.90. The molecule has 1 saturated heterocycles. The zero-order valence-electron chi connectivity index (χ0n) is 17.8. The molecule has 1 saturated carbocycles. The Morgan fingerprint density at radius 2 is 1.94 bits per heavy atom. The van der Waals surface area contributed by atoms with Crippen LogP contribution in [0.4, 0.5) is 0 Å². The van der Waals surface area contributed by atoms with Crippen LogP contribution < -0.4 is 11.1 Å². The van der Waals surface area contributed by atoms with Gasteiger partial charge in [0.2, 0.25) is 11.8 Å². The number of aromatic nitrogens is 4. The topological polar surface area (TPSA) is 119 Å². The van der Waals surface area contributed by atoms with Crippen LogP contribution in [0.5, 0.6) is 0 Å². The van der Waals surface area contributed by atoms with Crippen LogP contribution in [-0.2, 0) is 16.1 Å². The second kappa shape index (κ2) is 10.00. The average molecular weight is 426 g/mol. The van der Waals surface area contributed by atoms with Crippen molar-refractivity contribution < 1.29 is 9.59 Å². The predicted molar refractivity (Wildman–Crippen MR) is 115 cm³/mol. The molecule has 2 aliphatic rings. The number of tetrazole rings is 1. The lowest BCUT2D eigenvalue weighted by molar-refractivity contribution is -0.139. The van der Waals surface area contributed by atoms with Gasteiger partial charge in [0.1, 0.15) is 12.4 Å². The molecule has 9 nitrogen and oxygen atoms in total. The number of nitrogens with two attached hydrogens (primary N) is 1. The third kappa shape index (κ3) is 5.10. The molecule has 1 aliphatic heterocycles. The van der Waals surface area contributed by atoms with Crippen molar-refractivity contribution in [2.45, 2.75) is 70.0 Å². The molecule has 0 unspecified atom stereocenters. The summed E-state index contributed by atoms with van der Waals surface area (Å²) >= 11 is 0. The minimum Gasteiger partial charge on any atom is -0.350 e. The van der Waals surface area contributed by atoms with Gasteiger partial charge in [-0.3, -0.25) is 9.59 Å². The van der Waals surface area contributed by atoms with Crippen LogP contribution in [0.1, 0.15) is 56.9 Å². The maximum Gasteiger partial charge on any atom is 0.243 e. The SMILES string of the molecule is N[C@H](CC1CCCCC1)C(=O)N1CCC[C@H]1C(=O)NCc1ccccc1-n1cnnn1.